The summed E-state index contributed by atoms with van der Waals surface area (Å²) in [5.41, 5.74) is 3.80. The molecule has 0 saturated heterocycles. The van der Waals surface area contributed by atoms with E-state index in [1.54, 1.807) is 6.20 Å². The molecule has 0 saturated carbocycles. The van der Waals surface area contributed by atoms with Crippen molar-refractivity contribution in [2.75, 3.05) is 0 Å². The topological polar surface area (TPSA) is 69.9 Å². The Bertz CT molecular complexity index is 1290. The van der Waals surface area contributed by atoms with Crippen molar-refractivity contribution in [3.05, 3.63) is 72.1 Å². The Morgan fingerprint density at radius 3 is 2.69 bits per heavy atom. The van der Waals surface area contributed by atoms with Crippen LogP contribution in [-0.4, -0.2) is 31.9 Å². The molecule has 0 unspecified atom stereocenters. The number of hydrogen-bond acceptors (Lipinski definition) is 5. The monoisotopic (exact) mass is 434 g/mol. The van der Waals surface area contributed by atoms with Crippen molar-refractivity contribution < 1.29 is 18.3 Å². The van der Waals surface area contributed by atoms with Crippen LogP contribution in [0, 0.1) is 0 Å². The van der Waals surface area contributed by atoms with Gasteiger partial charge in [0.05, 0.1) is 30.0 Å². The van der Waals surface area contributed by atoms with Crippen molar-refractivity contribution in [3.8, 4) is 17.0 Å². The summed E-state index contributed by atoms with van der Waals surface area (Å²) >= 11 is 0. The van der Waals surface area contributed by atoms with E-state index in [0.717, 1.165) is 53.8 Å². The normalized spacial score (nSPS) is 13.3. The van der Waals surface area contributed by atoms with Crippen molar-refractivity contribution in [1.82, 2.24) is 19.5 Å². The number of imidazole rings is 1. The van der Waals surface area contributed by atoms with Crippen LogP contribution >= 0.6 is 0 Å². The third-order valence-corrected chi connectivity index (χ3v) is 5.63. The lowest BCUT2D eigenvalue weighted by Gasteiger charge is -2.16. The van der Waals surface area contributed by atoms with Crippen molar-refractivity contribution in [2.24, 2.45) is 0 Å². The predicted molar refractivity (Wildman–Crippen MR) is 115 cm³/mol. The Morgan fingerprint density at radius 1 is 1.03 bits per heavy atom. The molecule has 4 heterocycles. The lowest BCUT2D eigenvalue weighted by molar-refractivity contribution is -0.0498. The molecule has 1 aliphatic rings. The van der Waals surface area contributed by atoms with E-state index in [0.29, 0.717) is 11.3 Å². The molecule has 1 aromatic carbocycles. The Kier molecular flexibility index (Phi) is 5.34. The molecule has 0 N–H and O–H groups in total. The van der Waals surface area contributed by atoms with Crippen LogP contribution in [0.5, 0.6) is 5.75 Å². The lowest BCUT2D eigenvalue weighted by Crippen LogP contribution is -2.11. The zero-order valence-electron chi connectivity index (χ0n) is 17.2. The van der Waals surface area contributed by atoms with Gasteiger partial charge in [-0.1, -0.05) is 0 Å². The molecule has 5 rings (SSSR count). The fourth-order valence-electron chi connectivity index (χ4n) is 4.05. The van der Waals surface area contributed by atoms with Crippen molar-refractivity contribution in [1.29, 1.82) is 0 Å². The number of carbonyl (C=O) groups excluding carboxylic acids is 1. The van der Waals surface area contributed by atoms with Crippen LogP contribution < -0.4 is 4.74 Å². The zero-order chi connectivity index (χ0) is 22.1. The van der Waals surface area contributed by atoms with Gasteiger partial charge in [-0.25, -0.2) is 4.98 Å². The summed E-state index contributed by atoms with van der Waals surface area (Å²) in [4.78, 5) is 26.1. The smallest absolute Gasteiger partial charge is 0.387 e. The Labute approximate surface area is 182 Å². The van der Waals surface area contributed by atoms with Gasteiger partial charge < -0.3 is 9.30 Å². The van der Waals surface area contributed by atoms with Crippen LogP contribution in [0.3, 0.4) is 0 Å². The number of aryl methyl sites for hydroxylation is 1. The first-order valence-corrected chi connectivity index (χ1v) is 10.4. The van der Waals surface area contributed by atoms with Crippen LogP contribution in [0.4, 0.5) is 8.78 Å². The summed E-state index contributed by atoms with van der Waals surface area (Å²) < 4.78 is 31.1. The summed E-state index contributed by atoms with van der Waals surface area (Å²) in [7, 11) is 0. The highest BCUT2D eigenvalue weighted by molar-refractivity contribution is 5.97. The molecular formula is C24H20F2N4O2. The van der Waals surface area contributed by atoms with Gasteiger partial charge in [0.25, 0.3) is 0 Å². The number of aromatic nitrogens is 4. The molecule has 0 fully saturated rings. The van der Waals surface area contributed by atoms with Gasteiger partial charge in [-0.2, -0.15) is 8.78 Å². The van der Waals surface area contributed by atoms with Crippen LogP contribution in [0.2, 0.25) is 0 Å². The van der Waals surface area contributed by atoms with E-state index in [9.17, 15) is 13.6 Å². The maximum absolute atomic E-state index is 12.6. The number of ether oxygens (including phenoxy) is 1. The van der Waals surface area contributed by atoms with E-state index >= 15 is 0 Å². The van der Waals surface area contributed by atoms with Crippen LogP contribution in [0.1, 0.15) is 34.7 Å². The van der Waals surface area contributed by atoms with Gasteiger partial charge in [-0.15, -0.1) is 0 Å². The van der Waals surface area contributed by atoms with Crippen molar-refractivity contribution in [2.45, 2.75) is 38.8 Å². The molecular weight excluding hydrogens is 414 g/mol. The van der Waals surface area contributed by atoms with E-state index in [2.05, 4.69) is 24.3 Å². The Balaban J connectivity index is 1.38. The molecule has 4 aromatic rings. The largest absolute Gasteiger partial charge is 0.435 e. The number of Topliss-reactive ketones (excluding diaryl/α,β-unsaturated/α-hetero) is 1. The predicted octanol–water partition coefficient (Wildman–Crippen LogP) is 4.86. The number of nitrogens with zero attached hydrogens (tertiary/aromatic N) is 4. The van der Waals surface area contributed by atoms with Crippen LogP contribution in [-0.2, 0) is 19.4 Å². The number of benzene rings is 1. The first-order chi connectivity index (χ1) is 15.6. The standard InChI is InChI=1S/C24H20F2N4O2/c25-24(26)32-19-6-4-15(5-7-19)22(31)11-18-10-16-9-17(12-28-20(16)13-27-18)21-14-29-23-3-1-2-8-30(21)23/h4-7,9-10,12-14,24H,1-3,8,11H2. The molecule has 0 spiro atoms. The van der Waals surface area contributed by atoms with Gasteiger partial charge in [0.15, 0.2) is 5.78 Å². The van der Waals surface area contributed by atoms with Gasteiger partial charge in [-0.05, 0) is 49.2 Å². The first kappa shape index (κ1) is 20.2. The number of hydrogen-bond donors (Lipinski definition) is 0. The van der Waals surface area contributed by atoms with Gasteiger partial charge in [0.2, 0.25) is 0 Å². The average Bonchev–Trinajstić information content (AvgIpc) is 3.23. The highest BCUT2D eigenvalue weighted by Gasteiger charge is 2.16. The van der Waals surface area contributed by atoms with Crippen LogP contribution in [0.25, 0.3) is 22.2 Å². The molecule has 32 heavy (non-hydrogen) atoms. The summed E-state index contributed by atoms with van der Waals surface area (Å²) in [6.07, 6.45) is 8.78. The third kappa shape index (κ3) is 4.08. The van der Waals surface area contributed by atoms with Gasteiger partial charge in [0, 0.05) is 41.4 Å². The number of alkyl halides is 2. The molecule has 1 aliphatic heterocycles. The number of ketones is 1. The maximum atomic E-state index is 12.6. The van der Waals surface area contributed by atoms with Gasteiger partial charge in [0.1, 0.15) is 11.6 Å². The second kappa shape index (κ2) is 8.45. The molecule has 6 nitrogen and oxygen atoms in total. The second-order valence-electron chi connectivity index (χ2n) is 7.76. The van der Waals surface area contributed by atoms with E-state index in [4.69, 9.17) is 0 Å². The molecule has 8 heteroatoms. The molecule has 3 aromatic heterocycles. The SMILES string of the molecule is O=C(Cc1cc2cc(-c3cnc4n3CCCC4)cnc2cn1)c1ccc(OC(F)F)cc1. The molecule has 0 atom stereocenters. The fraction of sp³-hybridized carbons (Fsp3) is 0.250. The fourth-order valence-corrected chi connectivity index (χ4v) is 4.05. The minimum atomic E-state index is -2.90. The molecule has 0 bridgehead atoms. The van der Waals surface area contributed by atoms with E-state index in [1.165, 1.54) is 24.3 Å². The van der Waals surface area contributed by atoms with Gasteiger partial charge >= 0.3 is 6.61 Å². The number of fused-ring (bicyclic) bond motifs is 2. The van der Waals surface area contributed by atoms with E-state index in [-0.39, 0.29) is 18.0 Å². The summed E-state index contributed by atoms with van der Waals surface area (Å²) in [6, 6.07) is 9.58. The number of rotatable bonds is 6. The number of halogens is 2. The van der Waals surface area contributed by atoms with Gasteiger partial charge in [-0.3, -0.25) is 14.8 Å². The minimum absolute atomic E-state index is 0.0149. The third-order valence-electron chi connectivity index (χ3n) is 5.63. The van der Waals surface area contributed by atoms with Crippen molar-refractivity contribution >= 4 is 16.7 Å². The number of carbonyl (C=O) groups is 1. The number of pyridine rings is 2. The quantitative estimate of drug-likeness (QED) is 0.406. The minimum Gasteiger partial charge on any atom is -0.435 e. The summed E-state index contributed by atoms with van der Waals surface area (Å²) in [6.45, 7) is -1.94. The average molecular weight is 434 g/mol. The zero-order valence-corrected chi connectivity index (χ0v) is 17.2. The molecule has 0 amide bonds. The molecule has 162 valence electrons. The Hall–Kier alpha value is -3.68. The summed E-state index contributed by atoms with van der Waals surface area (Å²) in [5.74, 6) is 0.966. The Morgan fingerprint density at radius 2 is 1.88 bits per heavy atom. The van der Waals surface area contributed by atoms with E-state index in [1.807, 2.05) is 24.5 Å². The summed E-state index contributed by atoms with van der Waals surface area (Å²) in [5, 5.41) is 0.896. The molecule has 0 aliphatic carbocycles. The maximum Gasteiger partial charge on any atom is 0.387 e. The highest BCUT2D eigenvalue weighted by Crippen LogP contribution is 2.27. The van der Waals surface area contributed by atoms with Crippen molar-refractivity contribution in [3.63, 3.8) is 0 Å². The van der Waals surface area contributed by atoms with E-state index < -0.39 is 6.61 Å². The lowest BCUT2D eigenvalue weighted by atomic mass is 10.0. The van der Waals surface area contributed by atoms with Crippen LogP contribution in [0.15, 0.2) is 55.0 Å². The first-order valence-electron chi connectivity index (χ1n) is 10.4. The highest BCUT2D eigenvalue weighted by atomic mass is 19.3. The second-order valence-corrected chi connectivity index (χ2v) is 7.76. The molecule has 0 radical (unpaired) electrons.